The fraction of sp³-hybridized carbons (Fsp3) is 1.00. The molecule has 0 heterocycles. The van der Waals surface area contributed by atoms with E-state index in [9.17, 15) is 25.6 Å². The van der Waals surface area contributed by atoms with Crippen LogP contribution < -0.4 is 0 Å². The van der Waals surface area contributed by atoms with Crippen molar-refractivity contribution >= 4 is 20.2 Å². The molecule has 0 spiro atoms. The first-order valence-corrected chi connectivity index (χ1v) is 5.31. The van der Waals surface area contributed by atoms with Crippen molar-refractivity contribution in [2.45, 2.75) is 5.25 Å². The Morgan fingerprint density at radius 1 is 1.08 bits per heavy atom. The molecule has 0 aromatic heterocycles. The van der Waals surface area contributed by atoms with E-state index in [1.54, 1.807) is 0 Å². The van der Waals surface area contributed by atoms with Crippen LogP contribution in [-0.4, -0.2) is 36.9 Å². The summed E-state index contributed by atoms with van der Waals surface area (Å²) in [5, 5.41) is -4.89. The Kier molecular flexibility index (Phi) is 2.79. The van der Waals surface area contributed by atoms with Crippen molar-refractivity contribution in [1.29, 1.82) is 0 Å². The van der Waals surface area contributed by atoms with Crippen molar-refractivity contribution in [3.8, 4) is 0 Å². The normalized spacial score (nSPS) is 14.7. The summed E-state index contributed by atoms with van der Waals surface area (Å²) in [6, 6.07) is 0. The minimum absolute atomic E-state index is 2.36. The molecule has 12 heavy (non-hydrogen) atoms. The SMILES string of the molecule is O=S(=O)(O)CC(F)(F)S(=O)(=O)O. The first kappa shape index (κ1) is 11.7. The lowest BCUT2D eigenvalue weighted by Crippen LogP contribution is -2.35. The van der Waals surface area contributed by atoms with Gasteiger partial charge in [0.05, 0.1) is 0 Å². The first-order chi connectivity index (χ1) is 4.96. The Morgan fingerprint density at radius 2 is 1.42 bits per heavy atom. The predicted molar refractivity (Wildman–Crippen MR) is 32.9 cm³/mol. The highest BCUT2D eigenvalue weighted by molar-refractivity contribution is 7.90. The van der Waals surface area contributed by atoms with Gasteiger partial charge < -0.3 is 0 Å². The Balaban J connectivity index is 4.94. The largest absolute Gasteiger partial charge is 0.385 e. The Bertz CT molecular complexity index is 351. The van der Waals surface area contributed by atoms with E-state index >= 15 is 0 Å². The molecule has 0 saturated carbocycles. The molecule has 0 atom stereocenters. The number of alkyl halides is 2. The minimum atomic E-state index is -5.81. The highest BCUT2D eigenvalue weighted by Gasteiger charge is 2.47. The first-order valence-electron chi connectivity index (χ1n) is 2.26. The van der Waals surface area contributed by atoms with Crippen LogP contribution in [-0.2, 0) is 20.2 Å². The van der Waals surface area contributed by atoms with Crippen LogP contribution >= 0.6 is 0 Å². The van der Waals surface area contributed by atoms with Gasteiger partial charge in [0.15, 0.2) is 5.75 Å². The summed E-state index contributed by atoms with van der Waals surface area (Å²) >= 11 is 0. The molecule has 0 bridgehead atoms. The second kappa shape index (κ2) is 2.87. The molecule has 0 fully saturated rings. The maximum absolute atomic E-state index is 12.0. The Hall–Kier alpha value is -0.320. The topological polar surface area (TPSA) is 109 Å². The Labute approximate surface area is 66.7 Å². The molecule has 2 N–H and O–H groups in total. The van der Waals surface area contributed by atoms with Gasteiger partial charge in [-0.25, -0.2) is 0 Å². The van der Waals surface area contributed by atoms with Crippen LogP contribution in [0.1, 0.15) is 0 Å². The molecular weight excluding hydrogens is 222 g/mol. The van der Waals surface area contributed by atoms with Crippen molar-refractivity contribution in [3.05, 3.63) is 0 Å². The number of hydrogen-bond acceptors (Lipinski definition) is 4. The molecule has 0 aliphatic carbocycles. The zero-order valence-electron chi connectivity index (χ0n) is 5.31. The molecule has 74 valence electrons. The number of halogens is 2. The van der Waals surface area contributed by atoms with Crippen LogP contribution in [0.2, 0.25) is 0 Å². The molecule has 10 heteroatoms. The van der Waals surface area contributed by atoms with Crippen molar-refractivity contribution in [2.24, 2.45) is 0 Å². The van der Waals surface area contributed by atoms with Crippen molar-refractivity contribution in [3.63, 3.8) is 0 Å². The molecule has 0 aromatic carbocycles. The second-order valence-electron chi connectivity index (χ2n) is 1.84. The smallest absolute Gasteiger partial charge is 0.285 e. The van der Waals surface area contributed by atoms with Gasteiger partial charge in [-0.2, -0.15) is 25.6 Å². The number of hydrogen-bond donors (Lipinski definition) is 2. The third-order valence-corrected chi connectivity index (χ3v) is 2.54. The predicted octanol–water partition coefficient (Wildman–Crippen LogP) is -0.645. The van der Waals surface area contributed by atoms with E-state index < -0.39 is 31.2 Å². The van der Waals surface area contributed by atoms with Gasteiger partial charge in [0.25, 0.3) is 10.1 Å². The molecule has 0 radical (unpaired) electrons. The molecule has 0 unspecified atom stereocenters. The van der Waals surface area contributed by atoms with Gasteiger partial charge in [0.2, 0.25) is 0 Å². The standard InChI is InChI=1S/C2H4F2O6S2/c3-2(4,12(8,9)10)1-11(5,6)7/h1H2,(H,5,6,7)(H,8,9,10). The van der Waals surface area contributed by atoms with Crippen LogP contribution in [0.3, 0.4) is 0 Å². The van der Waals surface area contributed by atoms with Crippen LogP contribution in [0, 0.1) is 0 Å². The van der Waals surface area contributed by atoms with Crippen LogP contribution in [0.15, 0.2) is 0 Å². The van der Waals surface area contributed by atoms with E-state index in [2.05, 4.69) is 0 Å². The fourth-order valence-electron chi connectivity index (χ4n) is 0.287. The Morgan fingerprint density at radius 3 is 1.50 bits per heavy atom. The summed E-state index contributed by atoms with van der Waals surface area (Å²) in [6.07, 6.45) is 0. The lowest BCUT2D eigenvalue weighted by molar-refractivity contribution is 0.103. The maximum Gasteiger partial charge on any atom is 0.385 e. The lowest BCUT2D eigenvalue weighted by Gasteiger charge is -2.09. The highest BCUT2D eigenvalue weighted by atomic mass is 32.2. The van der Waals surface area contributed by atoms with Gasteiger partial charge >= 0.3 is 15.4 Å². The molecule has 0 rings (SSSR count). The van der Waals surface area contributed by atoms with Crippen LogP contribution in [0.4, 0.5) is 8.78 Å². The van der Waals surface area contributed by atoms with Gasteiger partial charge in [-0.15, -0.1) is 0 Å². The highest BCUT2D eigenvalue weighted by Crippen LogP contribution is 2.21. The van der Waals surface area contributed by atoms with Crippen LogP contribution in [0.25, 0.3) is 0 Å². The van der Waals surface area contributed by atoms with E-state index in [0.717, 1.165) is 0 Å². The van der Waals surface area contributed by atoms with Gasteiger partial charge in [0, 0.05) is 0 Å². The fourth-order valence-corrected chi connectivity index (χ4v) is 1.75. The van der Waals surface area contributed by atoms with E-state index in [-0.39, 0.29) is 0 Å². The second-order valence-corrected chi connectivity index (χ2v) is 4.84. The van der Waals surface area contributed by atoms with E-state index in [1.165, 1.54) is 0 Å². The lowest BCUT2D eigenvalue weighted by atomic mass is 10.8. The summed E-state index contributed by atoms with van der Waals surface area (Å²) in [5.74, 6) is -2.36. The molecular formula is C2H4F2O6S2. The summed E-state index contributed by atoms with van der Waals surface area (Å²) < 4.78 is 78.8. The number of rotatable bonds is 3. The zero-order valence-corrected chi connectivity index (χ0v) is 6.94. The average Bonchev–Trinajstić information content (AvgIpc) is 1.52. The van der Waals surface area contributed by atoms with Gasteiger partial charge in [-0.05, 0) is 0 Å². The van der Waals surface area contributed by atoms with Crippen LogP contribution in [0.5, 0.6) is 0 Å². The summed E-state index contributed by atoms with van der Waals surface area (Å²) in [4.78, 5) is 0. The molecule has 0 aromatic rings. The maximum atomic E-state index is 12.0. The average molecular weight is 226 g/mol. The molecule has 0 saturated heterocycles. The summed E-state index contributed by atoms with van der Waals surface area (Å²) in [6.45, 7) is 0. The van der Waals surface area contributed by atoms with Crippen molar-refractivity contribution in [1.82, 2.24) is 0 Å². The van der Waals surface area contributed by atoms with Gasteiger partial charge in [-0.1, -0.05) is 0 Å². The van der Waals surface area contributed by atoms with E-state index in [0.29, 0.717) is 0 Å². The molecule has 0 aliphatic rings. The molecule has 0 aliphatic heterocycles. The van der Waals surface area contributed by atoms with Gasteiger partial charge in [0.1, 0.15) is 0 Å². The summed E-state index contributed by atoms with van der Waals surface area (Å²) in [5.41, 5.74) is 0. The minimum Gasteiger partial charge on any atom is -0.285 e. The van der Waals surface area contributed by atoms with Crippen molar-refractivity contribution < 1.29 is 34.7 Å². The third-order valence-electron chi connectivity index (χ3n) is 0.728. The van der Waals surface area contributed by atoms with Crippen molar-refractivity contribution in [2.75, 3.05) is 5.75 Å². The molecule has 6 nitrogen and oxygen atoms in total. The quantitative estimate of drug-likeness (QED) is 0.619. The van der Waals surface area contributed by atoms with E-state index in [1.807, 2.05) is 0 Å². The molecule has 0 amide bonds. The monoisotopic (exact) mass is 226 g/mol. The summed E-state index contributed by atoms with van der Waals surface area (Å²) in [7, 11) is -11.0. The van der Waals surface area contributed by atoms with Gasteiger partial charge in [-0.3, -0.25) is 9.11 Å². The van der Waals surface area contributed by atoms with E-state index in [4.69, 9.17) is 9.11 Å². The zero-order chi connectivity index (χ0) is 10.2. The third kappa shape index (κ3) is 3.38.